The van der Waals surface area contributed by atoms with Crippen LogP contribution in [0, 0.1) is 5.82 Å². The number of hydrogen-bond acceptors (Lipinski definition) is 4. The summed E-state index contributed by atoms with van der Waals surface area (Å²) in [4.78, 5) is 4.03. The molecular weight excluding hydrogens is 352 g/mol. The summed E-state index contributed by atoms with van der Waals surface area (Å²) >= 11 is 11.9. The molecule has 0 aliphatic rings. The Morgan fingerprint density at radius 1 is 1.14 bits per heavy atom. The summed E-state index contributed by atoms with van der Waals surface area (Å²) in [5, 5.41) is 11.4. The van der Waals surface area contributed by atoms with E-state index in [2.05, 4.69) is 20.5 Å². The van der Waals surface area contributed by atoms with Gasteiger partial charge in [-0.05, 0) is 34.2 Å². The highest BCUT2D eigenvalue weighted by Crippen LogP contribution is 2.34. The maximum Gasteiger partial charge on any atom is 0.183 e. The minimum atomic E-state index is -0.586. The highest BCUT2D eigenvalue weighted by atomic mass is 35.5. The first-order chi connectivity index (χ1) is 10.2. The van der Waals surface area contributed by atoms with Crippen LogP contribution in [-0.2, 0) is 6.54 Å². The van der Waals surface area contributed by atoms with Gasteiger partial charge < -0.3 is 0 Å². The third-order valence-corrected chi connectivity index (χ3v) is 3.72. The van der Waals surface area contributed by atoms with Gasteiger partial charge in [0.15, 0.2) is 5.82 Å². The third-order valence-electron chi connectivity index (χ3n) is 2.86. The molecule has 22 heavy (non-hydrogen) atoms. The average Bonchev–Trinajstić information content (AvgIpc) is 2.94. The fraction of sp³-hybridized carbons (Fsp3) is 0.0769. The predicted octanol–water partition coefficient (Wildman–Crippen LogP) is 3.65. The molecule has 2 aromatic heterocycles. The Labute approximate surface area is 141 Å². The van der Waals surface area contributed by atoms with Crippen molar-refractivity contribution < 1.29 is 4.39 Å². The summed E-state index contributed by atoms with van der Waals surface area (Å²) in [5.74, 6) is -0.178. The van der Waals surface area contributed by atoms with Crippen molar-refractivity contribution >= 4 is 35.6 Å². The van der Waals surface area contributed by atoms with Gasteiger partial charge in [0.25, 0.3) is 0 Å². The zero-order valence-corrected chi connectivity index (χ0v) is 13.3. The van der Waals surface area contributed by atoms with Gasteiger partial charge >= 0.3 is 0 Å². The predicted molar refractivity (Wildman–Crippen MR) is 83.8 cm³/mol. The zero-order valence-electron chi connectivity index (χ0n) is 10.9. The molecule has 3 aromatic rings. The Balaban J connectivity index is 0.00000176. The topological polar surface area (TPSA) is 56.5 Å². The molecule has 2 heterocycles. The van der Waals surface area contributed by atoms with Gasteiger partial charge in [0, 0.05) is 18.0 Å². The molecule has 0 spiro atoms. The lowest BCUT2D eigenvalue weighted by Gasteiger charge is -2.07. The van der Waals surface area contributed by atoms with E-state index in [9.17, 15) is 4.39 Å². The van der Waals surface area contributed by atoms with Crippen LogP contribution >= 0.6 is 35.6 Å². The summed E-state index contributed by atoms with van der Waals surface area (Å²) in [5.41, 5.74) is 1.40. The second-order valence-electron chi connectivity index (χ2n) is 4.24. The molecule has 114 valence electrons. The summed E-state index contributed by atoms with van der Waals surface area (Å²) in [6, 6.07) is 6.44. The van der Waals surface area contributed by atoms with Gasteiger partial charge in [0.2, 0.25) is 0 Å². The quantitative estimate of drug-likeness (QED) is 0.669. The molecule has 0 saturated carbocycles. The van der Waals surface area contributed by atoms with Gasteiger partial charge in [-0.1, -0.05) is 29.3 Å². The molecule has 3 rings (SSSR count). The Bertz CT molecular complexity index is 779. The fourth-order valence-electron chi connectivity index (χ4n) is 1.87. The maximum absolute atomic E-state index is 13.4. The molecule has 9 heteroatoms. The Kier molecular flexibility index (Phi) is 5.28. The largest absolute Gasteiger partial charge is 0.264 e. The van der Waals surface area contributed by atoms with Crippen LogP contribution in [-0.4, -0.2) is 25.2 Å². The first-order valence-electron chi connectivity index (χ1n) is 5.96. The number of tetrazole rings is 1. The molecule has 0 bridgehead atoms. The summed E-state index contributed by atoms with van der Waals surface area (Å²) in [7, 11) is 0. The van der Waals surface area contributed by atoms with Crippen LogP contribution in [0.5, 0.6) is 0 Å². The van der Waals surface area contributed by atoms with Gasteiger partial charge in [-0.2, -0.15) is 0 Å². The smallest absolute Gasteiger partial charge is 0.183 e. The zero-order chi connectivity index (χ0) is 14.8. The lowest BCUT2D eigenvalue weighted by molar-refractivity contribution is 0.628. The molecule has 0 saturated heterocycles. The van der Waals surface area contributed by atoms with Crippen LogP contribution < -0.4 is 0 Å². The number of rotatable bonds is 3. The summed E-state index contributed by atoms with van der Waals surface area (Å²) < 4.78 is 14.9. The molecule has 0 atom stereocenters. The lowest BCUT2D eigenvalue weighted by Crippen LogP contribution is -2.05. The molecule has 0 aliphatic heterocycles. The van der Waals surface area contributed by atoms with E-state index >= 15 is 0 Å². The van der Waals surface area contributed by atoms with Gasteiger partial charge in [-0.25, -0.2) is 9.07 Å². The minimum absolute atomic E-state index is 0. The van der Waals surface area contributed by atoms with Gasteiger partial charge in [0.05, 0.1) is 16.6 Å². The second kappa shape index (κ2) is 7.00. The number of benzene rings is 1. The van der Waals surface area contributed by atoms with Crippen molar-refractivity contribution in [3.8, 4) is 11.4 Å². The first-order valence-corrected chi connectivity index (χ1v) is 6.71. The van der Waals surface area contributed by atoms with E-state index in [0.29, 0.717) is 17.9 Å². The van der Waals surface area contributed by atoms with Crippen LogP contribution in [0.15, 0.2) is 36.7 Å². The van der Waals surface area contributed by atoms with E-state index in [1.807, 2.05) is 12.1 Å². The van der Waals surface area contributed by atoms with Crippen LogP contribution in [0.2, 0.25) is 10.0 Å². The molecule has 0 unspecified atom stereocenters. The number of pyridine rings is 1. The van der Waals surface area contributed by atoms with E-state index in [0.717, 1.165) is 5.56 Å². The molecule has 0 radical (unpaired) electrons. The SMILES string of the molecule is Cl.Fc1ccc(-c2nnnn2Cc2cccnc2)c(Cl)c1Cl. The molecule has 0 N–H and O–H groups in total. The normalized spacial score (nSPS) is 10.3. The number of hydrogen-bond donors (Lipinski definition) is 0. The van der Waals surface area contributed by atoms with Gasteiger partial charge in [0.1, 0.15) is 5.82 Å². The number of aromatic nitrogens is 5. The van der Waals surface area contributed by atoms with Crippen molar-refractivity contribution in [1.29, 1.82) is 0 Å². The standard InChI is InChI=1S/C13H8Cl2FN5.ClH/c14-11-9(3-4-10(16)12(11)15)13-18-19-20-21(13)7-8-2-1-5-17-6-8;/h1-6H,7H2;1H. The number of nitrogens with zero attached hydrogens (tertiary/aromatic N) is 5. The maximum atomic E-state index is 13.4. The van der Waals surface area contributed by atoms with Crippen molar-refractivity contribution in [2.75, 3.05) is 0 Å². The van der Waals surface area contributed by atoms with E-state index in [-0.39, 0.29) is 22.5 Å². The van der Waals surface area contributed by atoms with Crippen LogP contribution in [0.4, 0.5) is 4.39 Å². The minimum Gasteiger partial charge on any atom is -0.264 e. The van der Waals surface area contributed by atoms with Crippen LogP contribution in [0.25, 0.3) is 11.4 Å². The highest BCUT2D eigenvalue weighted by Gasteiger charge is 2.17. The average molecular weight is 361 g/mol. The second-order valence-corrected chi connectivity index (χ2v) is 5.00. The monoisotopic (exact) mass is 359 g/mol. The van der Waals surface area contributed by atoms with Crippen molar-refractivity contribution in [3.05, 3.63) is 58.1 Å². The van der Waals surface area contributed by atoms with E-state index in [4.69, 9.17) is 23.2 Å². The first kappa shape index (κ1) is 16.6. The van der Waals surface area contributed by atoms with Gasteiger partial charge in [-0.15, -0.1) is 17.5 Å². The molecule has 0 fully saturated rings. The third kappa shape index (κ3) is 3.19. The van der Waals surface area contributed by atoms with Crippen molar-refractivity contribution in [2.24, 2.45) is 0 Å². The van der Waals surface area contributed by atoms with Crippen molar-refractivity contribution in [2.45, 2.75) is 6.54 Å². The van der Waals surface area contributed by atoms with Crippen LogP contribution in [0.3, 0.4) is 0 Å². The Morgan fingerprint density at radius 2 is 1.95 bits per heavy atom. The molecular formula is C13H9Cl3FN5. The summed E-state index contributed by atoms with van der Waals surface area (Å²) in [6.07, 6.45) is 3.39. The molecule has 0 amide bonds. The fourth-order valence-corrected chi connectivity index (χ4v) is 2.27. The van der Waals surface area contributed by atoms with E-state index < -0.39 is 5.82 Å². The Hall–Kier alpha value is -1.76. The summed E-state index contributed by atoms with van der Waals surface area (Å²) in [6.45, 7) is 0.418. The molecule has 5 nitrogen and oxygen atoms in total. The van der Waals surface area contributed by atoms with E-state index in [1.165, 1.54) is 12.1 Å². The molecule has 0 aliphatic carbocycles. The van der Waals surface area contributed by atoms with Crippen LogP contribution in [0.1, 0.15) is 5.56 Å². The Morgan fingerprint density at radius 3 is 2.68 bits per heavy atom. The lowest BCUT2D eigenvalue weighted by atomic mass is 10.2. The van der Waals surface area contributed by atoms with Gasteiger partial charge in [-0.3, -0.25) is 4.98 Å². The van der Waals surface area contributed by atoms with E-state index in [1.54, 1.807) is 17.1 Å². The molecule has 1 aromatic carbocycles. The number of halogens is 4. The van der Waals surface area contributed by atoms with Crippen molar-refractivity contribution in [3.63, 3.8) is 0 Å². The van der Waals surface area contributed by atoms with Crippen molar-refractivity contribution in [1.82, 2.24) is 25.2 Å². The highest BCUT2D eigenvalue weighted by molar-refractivity contribution is 6.43.